The number of hydrogen-bond donors (Lipinski definition) is 2. The van der Waals surface area contributed by atoms with Crippen molar-refractivity contribution in [2.45, 2.75) is 62.9 Å². The van der Waals surface area contributed by atoms with E-state index in [1.165, 1.54) is 16.3 Å². The largest absolute Gasteiger partial charge is 0.333 e. The molecule has 1 aromatic carbocycles. The maximum Gasteiger partial charge on any atom is 0.333 e. The number of anilines is 1. The van der Waals surface area contributed by atoms with Crippen LogP contribution in [0.4, 0.5) is 10.5 Å². The summed E-state index contributed by atoms with van der Waals surface area (Å²) in [6.45, 7) is 3.80. The first-order chi connectivity index (χ1) is 15.8. The number of nitrogens with zero attached hydrogens (tertiary/aromatic N) is 3. The van der Waals surface area contributed by atoms with Gasteiger partial charge in [0.05, 0.1) is 5.69 Å². The number of benzene rings is 1. The van der Waals surface area contributed by atoms with Crippen molar-refractivity contribution in [3.63, 3.8) is 0 Å². The zero-order valence-electron chi connectivity index (χ0n) is 18.7. The Balaban J connectivity index is 1.44. The number of amides is 2. The number of nitrogens with one attached hydrogen (secondary N) is 2. The minimum Gasteiger partial charge on any atom is -0.306 e. The molecule has 0 aliphatic heterocycles. The summed E-state index contributed by atoms with van der Waals surface area (Å²) in [5.41, 5.74) is 5.81. The number of pyridine rings is 1. The van der Waals surface area contributed by atoms with E-state index in [1.807, 2.05) is 26.0 Å². The lowest BCUT2D eigenvalue weighted by atomic mass is 9.97. The number of aromatic nitrogens is 3. The van der Waals surface area contributed by atoms with Gasteiger partial charge in [-0.2, -0.15) is 13.5 Å². The second-order valence-electron chi connectivity index (χ2n) is 9.01. The summed E-state index contributed by atoms with van der Waals surface area (Å²) < 4.78 is 29.1. The predicted octanol–water partition coefficient (Wildman–Crippen LogP) is 4.40. The number of carbonyl (C=O) groups is 1. The summed E-state index contributed by atoms with van der Waals surface area (Å²) in [4.78, 5) is 17.4. The van der Waals surface area contributed by atoms with Gasteiger partial charge in [-0.05, 0) is 80.8 Å². The number of carbonyl (C=O) groups excluding carboxylic acids is 1. The molecule has 3 aromatic rings. The van der Waals surface area contributed by atoms with Gasteiger partial charge in [0.1, 0.15) is 0 Å². The molecule has 5 rings (SSSR count). The summed E-state index contributed by atoms with van der Waals surface area (Å²) in [7, 11) is -4.10. The van der Waals surface area contributed by atoms with Gasteiger partial charge in [0.15, 0.2) is 5.03 Å². The molecule has 0 bridgehead atoms. The normalized spacial score (nSPS) is 15.5. The maximum absolute atomic E-state index is 12.9. The Morgan fingerprint density at radius 3 is 2.70 bits per heavy atom. The van der Waals surface area contributed by atoms with Crippen LogP contribution in [0.3, 0.4) is 0 Å². The zero-order chi connectivity index (χ0) is 23.2. The lowest BCUT2D eigenvalue weighted by Gasteiger charge is -2.17. The number of aryl methyl sites for hydroxylation is 1. The Bertz CT molecular complexity index is 1330. The Morgan fingerprint density at radius 2 is 1.97 bits per heavy atom. The average molecular weight is 466 g/mol. The third-order valence-electron chi connectivity index (χ3n) is 6.22. The van der Waals surface area contributed by atoms with Gasteiger partial charge in [-0.3, -0.25) is 9.67 Å². The first kappa shape index (κ1) is 21.6. The van der Waals surface area contributed by atoms with Gasteiger partial charge in [-0.15, -0.1) is 0 Å². The van der Waals surface area contributed by atoms with Crippen LogP contribution in [0.25, 0.3) is 11.1 Å². The van der Waals surface area contributed by atoms with E-state index in [-0.39, 0.29) is 11.1 Å². The Hall–Kier alpha value is -3.20. The van der Waals surface area contributed by atoms with E-state index in [9.17, 15) is 13.2 Å². The molecule has 0 atom stereocenters. The maximum atomic E-state index is 12.9. The Morgan fingerprint density at radius 1 is 1.15 bits per heavy atom. The molecule has 172 valence electrons. The number of fused-ring (bicyclic) bond motifs is 1. The van der Waals surface area contributed by atoms with E-state index in [1.54, 1.807) is 12.4 Å². The Kier molecular flexibility index (Phi) is 5.44. The number of sulfonamides is 1. The fraction of sp³-hybridized carbons (Fsp3) is 0.375. The van der Waals surface area contributed by atoms with Gasteiger partial charge in [0.2, 0.25) is 0 Å². The second-order valence-corrected chi connectivity index (χ2v) is 10.6. The van der Waals surface area contributed by atoms with Crippen molar-refractivity contribution in [2.75, 3.05) is 5.32 Å². The predicted molar refractivity (Wildman–Crippen MR) is 126 cm³/mol. The molecule has 2 N–H and O–H groups in total. The highest BCUT2D eigenvalue weighted by atomic mass is 32.2. The van der Waals surface area contributed by atoms with Crippen LogP contribution in [0.15, 0.2) is 47.8 Å². The summed E-state index contributed by atoms with van der Waals surface area (Å²) in [6.07, 6.45) is 8.47. The molecule has 1 saturated carbocycles. The van der Waals surface area contributed by atoms with E-state index in [2.05, 4.69) is 32.3 Å². The third-order valence-corrected chi connectivity index (χ3v) is 7.45. The molecule has 8 nitrogen and oxygen atoms in total. The van der Waals surface area contributed by atoms with Crippen LogP contribution >= 0.6 is 0 Å². The van der Waals surface area contributed by atoms with Crippen LogP contribution in [-0.2, 0) is 22.9 Å². The fourth-order valence-corrected chi connectivity index (χ4v) is 5.17. The molecule has 2 amide bonds. The van der Waals surface area contributed by atoms with E-state index < -0.39 is 16.1 Å². The molecular weight excluding hydrogens is 438 g/mol. The first-order valence-corrected chi connectivity index (χ1v) is 12.8. The zero-order valence-corrected chi connectivity index (χ0v) is 19.5. The molecule has 2 aliphatic carbocycles. The molecule has 0 radical (unpaired) electrons. The van der Waals surface area contributed by atoms with Crippen LogP contribution in [0.2, 0.25) is 0 Å². The molecule has 1 fully saturated rings. The minimum atomic E-state index is -4.10. The van der Waals surface area contributed by atoms with Gasteiger partial charge in [0.25, 0.3) is 10.0 Å². The van der Waals surface area contributed by atoms with E-state index in [0.717, 1.165) is 54.5 Å². The van der Waals surface area contributed by atoms with Crippen molar-refractivity contribution in [1.29, 1.82) is 0 Å². The number of hydrogen-bond acceptors (Lipinski definition) is 5. The molecular formula is C24H27N5O3S. The number of urea groups is 1. The number of rotatable bonds is 6. The van der Waals surface area contributed by atoms with Crippen LogP contribution in [0.5, 0.6) is 0 Å². The molecule has 33 heavy (non-hydrogen) atoms. The third kappa shape index (κ3) is 4.37. The topological polar surface area (TPSA) is 106 Å². The van der Waals surface area contributed by atoms with Crippen molar-refractivity contribution < 1.29 is 13.2 Å². The van der Waals surface area contributed by atoms with Crippen molar-refractivity contribution in [1.82, 2.24) is 19.5 Å². The van der Waals surface area contributed by atoms with Gasteiger partial charge >= 0.3 is 6.03 Å². The standard InChI is InChI=1S/C24H27N5O3S/c1-15(2)29-13-11-22(27-29)33(31,32)28-24(30)26-23-19-5-3-4-16(19)8-9-20(23)18-10-12-25-21(14-18)17-6-7-17/h8-15,17H,3-7H2,1-2H3,(H2,26,28,30). The molecule has 0 spiro atoms. The molecule has 2 heterocycles. The van der Waals surface area contributed by atoms with Crippen LogP contribution < -0.4 is 10.0 Å². The summed E-state index contributed by atoms with van der Waals surface area (Å²) in [5, 5.41) is 6.73. The molecule has 0 saturated heterocycles. The van der Waals surface area contributed by atoms with E-state index >= 15 is 0 Å². The highest BCUT2D eigenvalue weighted by Crippen LogP contribution is 2.42. The quantitative estimate of drug-likeness (QED) is 0.561. The van der Waals surface area contributed by atoms with Crippen molar-refractivity contribution in [2.24, 2.45) is 0 Å². The summed E-state index contributed by atoms with van der Waals surface area (Å²) in [6, 6.07) is 8.72. The van der Waals surface area contributed by atoms with Crippen molar-refractivity contribution >= 4 is 21.7 Å². The minimum absolute atomic E-state index is 0.0122. The monoisotopic (exact) mass is 465 g/mol. The van der Waals surface area contributed by atoms with Crippen molar-refractivity contribution in [3.8, 4) is 11.1 Å². The first-order valence-electron chi connectivity index (χ1n) is 11.3. The van der Waals surface area contributed by atoms with Crippen molar-refractivity contribution in [3.05, 3.63) is 59.5 Å². The lowest BCUT2D eigenvalue weighted by Crippen LogP contribution is -2.35. The molecule has 9 heteroatoms. The smallest absolute Gasteiger partial charge is 0.306 e. The van der Waals surface area contributed by atoms with Crippen LogP contribution in [0, 0.1) is 0 Å². The fourth-order valence-electron chi connectivity index (χ4n) is 4.33. The SMILES string of the molecule is CC(C)n1ccc(S(=O)(=O)NC(=O)Nc2c(-c3ccnc(C4CC4)c3)ccc3c2CCC3)n1. The Labute approximate surface area is 193 Å². The highest BCUT2D eigenvalue weighted by Gasteiger charge is 2.27. The lowest BCUT2D eigenvalue weighted by molar-refractivity contribution is 0.256. The van der Waals surface area contributed by atoms with Gasteiger partial charge < -0.3 is 5.32 Å². The van der Waals surface area contributed by atoms with Crippen LogP contribution in [-0.4, -0.2) is 29.2 Å². The highest BCUT2D eigenvalue weighted by molar-refractivity contribution is 7.90. The van der Waals surface area contributed by atoms with Gasteiger partial charge in [-0.25, -0.2) is 9.52 Å². The summed E-state index contributed by atoms with van der Waals surface area (Å²) >= 11 is 0. The molecule has 2 aromatic heterocycles. The van der Waals surface area contributed by atoms with E-state index in [0.29, 0.717) is 11.6 Å². The van der Waals surface area contributed by atoms with Gasteiger partial charge in [-0.1, -0.05) is 12.1 Å². The summed E-state index contributed by atoms with van der Waals surface area (Å²) in [5.74, 6) is 0.509. The average Bonchev–Trinajstić information content (AvgIpc) is 3.29. The molecule has 2 aliphatic rings. The van der Waals surface area contributed by atoms with E-state index in [4.69, 9.17) is 0 Å². The van der Waals surface area contributed by atoms with Crippen LogP contribution in [0.1, 0.15) is 61.9 Å². The van der Waals surface area contributed by atoms with Gasteiger partial charge in [0, 0.05) is 35.6 Å². The second kappa shape index (κ2) is 8.30. The molecule has 0 unspecified atom stereocenters.